The standard InChI is InChI=1S/C17H16O5/c1-9-5-6-11(19-2)17-15(9)16(18)10-7-13(20-3)14(21-4)8-12(10)22-17/h5-8H,1-4H3. The second kappa shape index (κ2) is 5.26. The van der Waals surface area contributed by atoms with Crippen LogP contribution >= 0.6 is 0 Å². The fourth-order valence-corrected chi connectivity index (χ4v) is 2.57. The molecular weight excluding hydrogens is 284 g/mol. The van der Waals surface area contributed by atoms with Gasteiger partial charge in [-0.1, -0.05) is 6.07 Å². The monoisotopic (exact) mass is 300 g/mol. The molecule has 0 N–H and O–H groups in total. The molecule has 1 heterocycles. The molecule has 2 aromatic carbocycles. The summed E-state index contributed by atoms with van der Waals surface area (Å²) in [5.41, 5.74) is 1.58. The van der Waals surface area contributed by atoms with Gasteiger partial charge in [0.15, 0.2) is 22.8 Å². The predicted molar refractivity (Wildman–Crippen MR) is 84.4 cm³/mol. The fourth-order valence-electron chi connectivity index (χ4n) is 2.57. The number of methoxy groups -OCH3 is 3. The fraction of sp³-hybridized carbons (Fsp3) is 0.235. The Balaban J connectivity index is 2.52. The van der Waals surface area contributed by atoms with Crippen molar-refractivity contribution >= 4 is 21.9 Å². The molecule has 0 aliphatic carbocycles. The van der Waals surface area contributed by atoms with Crippen molar-refractivity contribution in [3.05, 3.63) is 40.1 Å². The first-order valence-electron chi connectivity index (χ1n) is 6.76. The maximum atomic E-state index is 12.8. The molecule has 0 fully saturated rings. The first-order valence-corrected chi connectivity index (χ1v) is 6.76. The van der Waals surface area contributed by atoms with Crippen LogP contribution in [0, 0.1) is 6.92 Å². The van der Waals surface area contributed by atoms with E-state index in [1.165, 1.54) is 14.2 Å². The largest absolute Gasteiger partial charge is 0.493 e. The third-order valence-corrected chi connectivity index (χ3v) is 3.72. The molecule has 0 atom stereocenters. The van der Waals surface area contributed by atoms with Crippen molar-refractivity contribution in [2.45, 2.75) is 6.92 Å². The van der Waals surface area contributed by atoms with Crippen molar-refractivity contribution in [2.24, 2.45) is 0 Å². The summed E-state index contributed by atoms with van der Waals surface area (Å²) in [5, 5.41) is 0.959. The van der Waals surface area contributed by atoms with E-state index in [1.807, 2.05) is 13.0 Å². The number of ether oxygens (including phenoxy) is 3. The molecule has 0 bridgehead atoms. The van der Waals surface area contributed by atoms with E-state index in [0.29, 0.717) is 39.2 Å². The molecule has 3 rings (SSSR count). The second-order valence-electron chi connectivity index (χ2n) is 4.92. The average molecular weight is 300 g/mol. The van der Waals surface area contributed by atoms with Gasteiger partial charge in [-0.05, 0) is 24.6 Å². The second-order valence-corrected chi connectivity index (χ2v) is 4.92. The van der Waals surface area contributed by atoms with E-state index in [4.69, 9.17) is 18.6 Å². The first-order chi connectivity index (χ1) is 10.6. The number of hydrogen-bond donors (Lipinski definition) is 0. The first kappa shape index (κ1) is 14.3. The lowest BCUT2D eigenvalue weighted by molar-refractivity contribution is 0.355. The lowest BCUT2D eigenvalue weighted by Crippen LogP contribution is -2.05. The van der Waals surface area contributed by atoms with Crippen molar-refractivity contribution in [3.63, 3.8) is 0 Å². The summed E-state index contributed by atoms with van der Waals surface area (Å²) < 4.78 is 21.7. The minimum atomic E-state index is -0.117. The zero-order chi connectivity index (χ0) is 15.9. The minimum absolute atomic E-state index is 0.117. The van der Waals surface area contributed by atoms with E-state index in [2.05, 4.69) is 0 Å². The highest BCUT2D eigenvalue weighted by molar-refractivity contribution is 5.95. The Morgan fingerprint density at radius 1 is 0.909 bits per heavy atom. The SMILES string of the molecule is COc1cc2oc3c(OC)ccc(C)c3c(=O)c2cc1OC. The number of aryl methyl sites for hydroxylation is 1. The van der Waals surface area contributed by atoms with Crippen molar-refractivity contribution in [3.8, 4) is 17.2 Å². The lowest BCUT2D eigenvalue weighted by Gasteiger charge is -2.11. The summed E-state index contributed by atoms with van der Waals surface area (Å²) in [5.74, 6) is 1.51. The summed E-state index contributed by atoms with van der Waals surface area (Å²) in [4.78, 5) is 12.8. The Bertz CT molecular complexity index is 924. The van der Waals surface area contributed by atoms with E-state index in [1.54, 1.807) is 25.3 Å². The van der Waals surface area contributed by atoms with E-state index >= 15 is 0 Å². The molecule has 0 amide bonds. The maximum absolute atomic E-state index is 12.8. The Kier molecular flexibility index (Phi) is 3.41. The molecule has 0 radical (unpaired) electrons. The van der Waals surface area contributed by atoms with Crippen LogP contribution in [0.4, 0.5) is 0 Å². The van der Waals surface area contributed by atoms with Crippen LogP contribution < -0.4 is 19.6 Å². The highest BCUT2D eigenvalue weighted by Gasteiger charge is 2.16. The summed E-state index contributed by atoms with van der Waals surface area (Å²) in [7, 11) is 4.61. The van der Waals surface area contributed by atoms with Gasteiger partial charge in [0.1, 0.15) is 5.58 Å². The molecule has 0 saturated heterocycles. The van der Waals surface area contributed by atoms with E-state index < -0.39 is 0 Å². The van der Waals surface area contributed by atoms with Crippen molar-refractivity contribution in [2.75, 3.05) is 21.3 Å². The van der Waals surface area contributed by atoms with Gasteiger partial charge < -0.3 is 18.6 Å². The third kappa shape index (κ3) is 1.97. The highest BCUT2D eigenvalue weighted by atomic mass is 16.5. The molecule has 0 saturated carbocycles. The minimum Gasteiger partial charge on any atom is -0.493 e. The van der Waals surface area contributed by atoms with Crippen LogP contribution in [0.1, 0.15) is 5.56 Å². The van der Waals surface area contributed by atoms with Crippen molar-refractivity contribution in [1.29, 1.82) is 0 Å². The van der Waals surface area contributed by atoms with Crippen LogP contribution in [0.2, 0.25) is 0 Å². The van der Waals surface area contributed by atoms with Gasteiger partial charge in [0, 0.05) is 6.07 Å². The molecule has 5 nitrogen and oxygen atoms in total. The molecule has 0 aliphatic rings. The molecule has 114 valence electrons. The zero-order valence-corrected chi connectivity index (χ0v) is 12.9. The van der Waals surface area contributed by atoms with Gasteiger partial charge in [-0.25, -0.2) is 0 Å². The lowest BCUT2D eigenvalue weighted by atomic mass is 10.1. The van der Waals surface area contributed by atoms with Gasteiger partial charge in [-0.15, -0.1) is 0 Å². The normalized spacial score (nSPS) is 10.9. The van der Waals surface area contributed by atoms with Gasteiger partial charge in [-0.3, -0.25) is 4.79 Å². The molecule has 0 spiro atoms. The van der Waals surface area contributed by atoms with Crippen LogP contribution in [-0.2, 0) is 0 Å². The van der Waals surface area contributed by atoms with E-state index in [0.717, 1.165) is 5.56 Å². The molecule has 1 aromatic heterocycles. The maximum Gasteiger partial charge on any atom is 0.201 e. The number of benzene rings is 2. The van der Waals surface area contributed by atoms with E-state index in [-0.39, 0.29) is 5.43 Å². The Morgan fingerprint density at radius 2 is 1.55 bits per heavy atom. The van der Waals surface area contributed by atoms with Gasteiger partial charge in [-0.2, -0.15) is 0 Å². The van der Waals surface area contributed by atoms with Gasteiger partial charge in [0.05, 0.1) is 32.1 Å². The van der Waals surface area contributed by atoms with Crippen molar-refractivity contribution in [1.82, 2.24) is 0 Å². The van der Waals surface area contributed by atoms with Crippen molar-refractivity contribution < 1.29 is 18.6 Å². The summed E-state index contributed by atoms with van der Waals surface area (Å²) in [6.07, 6.45) is 0. The van der Waals surface area contributed by atoms with Crippen LogP contribution in [0.15, 0.2) is 33.5 Å². The Morgan fingerprint density at radius 3 is 2.18 bits per heavy atom. The van der Waals surface area contributed by atoms with Gasteiger partial charge >= 0.3 is 0 Å². The molecule has 22 heavy (non-hydrogen) atoms. The number of hydrogen-bond acceptors (Lipinski definition) is 5. The smallest absolute Gasteiger partial charge is 0.201 e. The number of fused-ring (bicyclic) bond motifs is 2. The van der Waals surface area contributed by atoms with Gasteiger partial charge in [0.2, 0.25) is 5.43 Å². The van der Waals surface area contributed by atoms with Crippen LogP contribution in [0.25, 0.3) is 21.9 Å². The van der Waals surface area contributed by atoms with E-state index in [9.17, 15) is 4.79 Å². The van der Waals surface area contributed by atoms with Crippen LogP contribution in [-0.4, -0.2) is 21.3 Å². The average Bonchev–Trinajstić information content (AvgIpc) is 2.54. The highest BCUT2D eigenvalue weighted by Crippen LogP contribution is 2.34. The summed E-state index contributed by atoms with van der Waals surface area (Å²) in [6, 6.07) is 6.91. The molecular formula is C17H16O5. The zero-order valence-electron chi connectivity index (χ0n) is 12.9. The van der Waals surface area contributed by atoms with Gasteiger partial charge in [0.25, 0.3) is 0 Å². The quantitative estimate of drug-likeness (QED) is 0.695. The summed E-state index contributed by atoms with van der Waals surface area (Å²) in [6.45, 7) is 1.87. The Labute approximate surface area is 127 Å². The Hall–Kier alpha value is -2.69. The number of rotatable bonds is 3. The molecule has 3 aromatic rings. The predicted octanol–water partition coefficient (Wildman–Crippen LogP) is 3.28. The third-order valence-electron chi connectivity index (χ3n) is 3.72. The molecule has 5 heteroatoms. The van der Waals surface area contributed by atoms with Crippen LogP contribution in [0.3, 0.4) is 0 Å². The molecule has 0 aliphatic heterocycles. The topological polar surface area (TPSA) is 57.9 Å². The molecule has 0 unspecified atom stereocenters. The van der Waals surface area contributed by atoms with Crippen LogP contribution in [0.5, 0.6) is 17.2 Å². The summed E-state index contributed by atoms with van der Waals surface area (Å²) >= 11 is 0.